The number of benzene rings is 2. The van der Waals surface area contributed by atoms with Crippen LogP contribution in [0.3, 0.4) is 0 Å². The maximum atomic E-state index is 12.7. The molecule has 2 aromatic carbocycles. The summed E-state index contributed by atoms with van der Waals surface area (Å²) in [7, 11) is 0. The molecule has 0 spiro atoms. The quantitative estimate of drug-likeness (QED) is 0.662. The van der Waals surface area contributed by atoms with Crippen molar-refractivity contribution in [3.05, 3.63) is 71.4 Å². The number of fused-ring (bicyclic) bond motifs is 3. The van der Waals surface area contributed by atoms with Crippen molar-refractivity contribution in [2.45, 2.75) is 38.9 Å². The van der Waals surface area contributed by atoms with Crippen molar-refractivity contribution in [3.63, 3.8) is 0 Å². The Morgan fingerprint density at radius 2 is 1.90 bits per heavy atom. The van der Waals surface area contributed by atoms with Gasteiger partial charge in [-0.2, -0.15) is 0 Å². The minimum atomic E-state index is -0.245. The van der Waals surface area contributed by atoms with Crippen molar-refractivity contribution in [3.8, 4) is 0 Å². The molecule has 2 heterocycles. The number of nitrogens with zero attached hydrogens (tertiary/aromatic N) is 1. The van der Waals surface area contributed by atoms with E-state index < -0.39 is 0 Å². The summed E-state index contributed by atoms with van der Waals surface area (Å²) in [6.45, 7) is 4.32. The number of para-hydroxylation sites is 1. The summed E-state index contributed by atoms with van der Waals surface area (Å²) >= 11 is 0. The molecule has 5 nitrogen and oxygen atoms in total. The summed E-state index contributed by atoms with van der Waals surface area (Å²) in [5.74, 6) is 0. The molecular formula is C24H28N2O3. The third-order valence-electron chi connectivity index (χ3n) is 5.53. The maximum Gasteiger partial charge on any atom is 0.410 e. The first kappa shape index (κ1) is 19.5. The number of carbonyl (C=O) groups is 1. The maximum absolute atomic E-state index is 12.7. The Labute approximate surface area is 171 Å². The Balaban J connectivity index is 1.52. The summed E-state index contributed by atoms with van der Waals surface area (Å²) in [6, 6.07) is 18.2. The molecule has 5 heteroatoms. The molecule has 0 bridgehead atoms. The second kappa shape index (κ2) is 9.14. The summed E-state index contributed by atoms with van der Waals surface area (Å²) in [5.41, 5.74) is 4.54. The Morgan fingerprint density at radius 3 is 2.72 bits per heavy atom. The molecule has 0 radical (unpaired) electrons. The average Bonchev–Trinajstić information content (AvgIpc) is 3.15. The zero-order chi connectivity index (χ0) is 20.1. The van der Waals surface area contributed by atoms with E-state index >= 15 is 0 Å². The van der Waals surface area contributed by atoms with E-state index in [1.807, 2.05) is 48.2 Å². The highest BCUT2D eigenvalue weighted by Crippen LogP contribution is 2.33. The molecule has 0 saturated carbocycles. The first-order chi connectivity index (χ1) is 14.3. The van der Waals surface area contributed by atoms with Gasteiger partial charge in [-0.1, -0.05) is 48.5 Å². The van der Waals surface area contributed by atoms with Crippen LogP contribution < -0.4 is 0 Å². The molecule has 1 unspecified atom stereocenters. The van der Waals surface area contributed by atoms with Gasteiger partial charge in [-0.25, -0.2) is 4.79 Å². The Kier molecular flexibility index (Phi) is 6.15. The molecule has 3 aromatic rings. The van der Waals surface area contributed by atoms with Gasteiger partial charge in [-0.05, 0) is 43.4 Å². The molecule has 1 N–H and O–H groups in total. The molecule has 0 fully saturated rings. The summed E-state index contributed by atoms with van der Waals surface area (Å²) in [5, 5.41) is 1.21. The van der Waals surface area contributed by atoms with Gasteiger partial charge >= 0.3 is 6.09 Å². The van der Waals surface area contributed by atoms with Crippen molar-refractivity contribution in [1.82, 2.24) is 9.88 Å². The van der Waals surface area contributed by atoms with Gasteiger partial charge in [0.15, 0.2) is 0 Å². The van der Waals surface area contributed by atoms with Crippen molar-refractivity contribution in [1.29, 1.82) is 0 Å². The molecular weight excluding hydrogens is 364 g/mol. The van der Waals surface area contributed by atoms with Crippen LogP contribution in [-0.4, -0.2) is 35.7 Å². The highest BCUT2D eigenvalue weighted by atomic mass is 16.6. The fraction of sp³-hybridized carbons (Fsp3) is 0.375. The second-order valence-electron chi connectivity index (χ2n) is 7.43. The topological polar surface area (TPSA) is 54.6 Å². The first-order valence-electron chi connectivity index (χ1n) is 10.4. The van der Waals surface area contributed by atoms with Gasteiger partial charge in [0, 0.05) is 36.3 Å². The van der Waals surface area contributed by atoms with Crippen LogP contribution >= 0.6 is 0 Å². The number of amides is 1. The Bertz CT molecular complexity index is 951. The van der Waals surface area contributed by atoms with E-state index in [-0.39, 0.29) is 12.2 Å². The van der Waals surface area contributed by atoms with Crippen molar-refractivity contribution in [2.75, 3.05) is 19.7 Å². The van der Waals surface area contributed by atoms with Crippen LogP contribution in [0.15, 0.2) is 54.6 Å². The molecule has 4 rings (SSSR count). The molecule has 1 amide bonds. The fourth-order valence-corrected chi connectivity index (χ4v) is 4.10. The Hall–Kier alpha value is -2.79. The van der Waals surface area contributed by atoms with Crippen LogP contribution in [0.4, 0.5) is 4.79 Å². The molecule has 1 aliphatic rings. The van der Waals surface area contributed by atoms with Crippen LogP contribution in [0.25, 0.3) is 10.9 Å². The smallest absolute Gasteiger partial charge is 0.410 e. The minimum absolute atomic E-state index is 0.0303. The summed E-state index contributed by atoms with van der Waals surface area (Å²) in [6.07, 6.45) is 2.31. The summed E-state index contributed by atoms with van der Waals surface area (Å²) < 4.78 is 11.6. The number of hydrogen-bond acceptors (Lipinski definition) is 3. The third kappa shape index (κ3) is 4.46. The molecule has 152 valence electrons. The lowest BCUT2D eigenvalue weighted by Crippen LogP contribution is -2.34. The highest BCUT2D eigenvalue weighted by molar-refractivity contribution is 5.85. The lowest BCUT2D eigenvalue weighted by molar-refractivity contribution is 0.0495. The van der Waals surface area contributed by atoms with Crippen molar-refractivity contribution < 1.29 is 14.3 Å². The van der Waals surface area contributed by atoms with E-state index in [0.29, 0.717) is 26.3 Å². The van der Waals surface area contributed by atoms with E-state index in [1.54, 1.807) is 0 Å². The largest absolute Gasteiger partial charge is 0.445 e. The van der Waals surface area contributed by atoms with E-state index in [2.05, 4.69) is 23.2 Å². The standard InChI is InChI=1S/C24H28N2O3/c1-2-28-22-13-8-15-26(24(27)29-17-18-9-4-3-5-10-18)16-14-20-19-11-6-7-12-21(19)25-23(20)22/h3-7,9-12,22,25H,2,8,13-17H2,1H3. The number of ether oxygens (including phenoxy) is 2. The van der Waals surface area contributed by atoms with Crippen LogP contribution in [0, 0.1) is 0 Å². The predicted octanol–water partition coefficient (Wildman–Crippen LogP) is 5.22. The molecule has 1 aliphatic heterocycles. The lowest BCUT2D eigenvalue weighted by Gasteiger charge is -2.21. The van der Waals surface area contributed by atoms with Crippen molar-refractivity contribution >= 4 is 17.0 Å². The third-order valence-corrected chi connectivity index (χ3v) is 5.53. The van der Waals surface area contributed by atoms with E-state index in [9.17, 15) is 4.79 Å². The van der Waals surface area contributed by atoms with Gasteiger partial charge in [0.25, 0.3) is 0 Å². The van der Waals surface area contributed by atoms with Crippen LogP contribution in [-0.2, 0) is 22.5 Å². The minimum Gasteiger partial charge on any atom is -0.445 e. The average molecular weight is 392 g/mol. The SMILES string of the molecule is CCOC1CCCN(C(=O)OCc2ccccc2)CCc2c1[nH]c1ccccc21. The fourth-order valence-electron chi connectivity index (χ4n) is 4.10. The normalized spacial score (nSPS) is 17.3. The number of aromatic nitrogens is 1. The Morgan fingerprint density at radius 1 is 1.10 bits per heavy atom. The lowest BCUT2D eigenvalue weighted by atomic mass is 10.0. The van der Waals surface area contributed by atoms with Crippen LogP contribution in [0.2, 0.25) is 0 Å². The first-order valence-corrected chi connectivity index (χ1v) is 10.4. The number of hydrogen-bond donors (Lipinski definition) is 1. The molecule has 0 saturated heterocycles. The van der Waals surface area contributed by atoms with Crippen molar-refractivity contribution in [2.24, 2.45) is 0 Å². The highest BCUT2D eigenvalue weighted by Gasteiger charge is 2.25. The second-order valence-corrected chi connectivity index (χ2v) is 7.43. The number of nitrogens with one attached hydrogen (secondary N) is 1. The van der Waals surface area contributed by atoms with Gasteiger partial charge < -0.3 is 19.4 Å². The van der Waals surface area contributed by atoms with Gasteiger partial charge in [0.1, 0.15) is 6.61 Å². The van der Waals surface area contributed by atoms with Crippen LogP contribution in [0.5, 0.6) is 0 Å². The zero-order valence-electron chi connectivity index (χ0n) is 16.9. The number of carbonyl (C=O) groups excluding carboxylic acids is 1. The molecule has 1 atom stereocenters. The molecule has 0 aliphatic carbocycles. The van der Waals surface area contributed by atoms with Gasteiger partial charge in [0.2, 0.25) is 0 Å². The number of rotatable bonds is 4. The van der Waals surface area contributed by atoms with E-state index in [1.165, 1.54) is 10.9 Å². The number of aromatic amines is 1. The molecule has 1 aromatic heterocycles. The monoisotopic (exact) mass is 392 g/mol. The van der Waals surface area contributed by atoms with Gasteiger partial charge in [-0.15, -0.1) is 0 Å². The van der Waals surface area contributed by atoms with Gasteiger partial charge in [-0.3, -0.25) is 0 Å². The summed E-state index contributed by atoms with van der Waals surface area (Å²) in [4.78, 5) is 18.1. The van der Waals surface area contributed by atoms with E-state index in [0.717, 1.165) is 36.0 Å². The zero-order valence-corrected chi connectivity index (χ0v) is 16.9. The number of H-pyrrole nitrogens is 1. The van der Waals surface area contributed by atoms with E-state index in [4.69, 9.17) is 9.47 Å². The molecule has 29 heavy (non-hydrogen) atoms. The van der Waals surface area contributed by atoms with Gasteiger partial charge in [0.05, 0.1) is 6.10 Å². The predicted molar refractivity (Wildman–Crippen MR) is 114 cm³/mol. The van der Waals surface area contributed by atoms with Crippen LogP contribution in [0.1, 0.15) is 42.7 Å².